The third-order valence-electron chi connectivity index (χ3n) is 4.06. The molecule has 1 amide bonds. The van der Waals surface area contributed by atoms with Crippen LogP contribution in [0.1, 0.15) is 10.5 Å². The molecule has 0 aliphatic carbocycles. The molecule has 1 N–H and O–H groups in total. The first-order valence-electron chi connectivity index (χ1n) is 8.88. The molecule has 0 aliphatic heterocycles. The van der Waals surface area contributed by atoms with Gasteiger partial charge in [-0.3, -0.25) is 4.79 Å². The molecule has 0 atom stereocenters. The van der Waals surface area contributed by atoms with Crippen LogP contribution < -0.4 is 5.32 Å². The van der Waals surface area contributed by atoms with Crippen molar-refractivity contribution in [3.05, 3.63) is 83.1 Å². The first kappa shape index (κ1) is 19.8. The molecule has 0 spiro atoms. The Morgan fingerprint density at radius 2 is 1.93 bits per heavy atom. The van der Waals surface area contributed by atoms with Crippen molar-refractivity contribution in [2.45, 2.75) is 0 Å². The van der Waals surface area contributed by atoms with Crippen molar-refractivity contribution >= 4 is 40.5 Å². The van der Waals surface area contributed by atoms with E-state index in [0.29, 0.717) is 17.1 Å². The van der Waals surface area contributed by atoms with Crippen molar-refractivity contribution in [1.82, 2.24) is 14.8 Å². The molecule has 0 fully saturated rings. The molecule has 4 rings (SSSR count). The number of hydrogen-bond acceptors (Lipinski definition) is 6. The number of nitrogens with zero attached hydrogens (tertiary/aromatic N) is 3. The van der Waals surface area contributed by atoms with E-state index in [1.54, 1.807) is 18.2 Å². The van der Waals surface area contributed by atoms with Crippen LogP contribution in [-0.2, 0) is 9.53 Å². The molecule has 0 aliphatic rings. The molecule has 3 heterocycles. The van der Waals surface area contributed by atoms with Gasteiger partial charge in [-0.1, -0.05) is 35.9 Å². The van der Waals surface area contributed by atoms with Crippen LogP contribution in [0, 0.1) is 0 Å². The van der Waals surface area contributed by atoms with Gasteiger partial charge in [-0.05, 0) is 35.7 Å². The second-order valence-electron chi connectivity index (χ2n) is 6.11. The zero-order valence-electron chi connectivity index (χ0n) is 15.5. The summed E-state index contributed by atoms with van der Waals surface area (Å²) in [5, 5.41) is 9.20. The summed E-state index contributed by atoms with van der Waals surface area (Å²) in [6.07, 6.45) is 1.51. The van der Waals surface area contributed by atoms with Crippen molar-refractivity contribution in [2.24, 2.45) is 0 Å². The third-order valence-corrected chi connectivity index (χ3v) is 5.25. The first-order chi connectivity index (χ1) is 14.6. The van der Waals surface area contributed by atoms with Crippen molar-refractivity contribution < 1.29 is 14.3 Å². The van der Waals surface area contributed by atoms with Gasteiger partial charge in [-0.2, -0.15) is 5.10 Å². The van der Waals surface area contributed by atoms with Gasteiger partial charge in [0.1, 0.15) is 5.69 Å². The standard InChI is InChI=1S/C21H15ClN4O3S/c22-20-15(8-4-10-23-20)24-19(27)13-29-21(28)17-12-16(18-9-5-11-30-18)25-26(17)14-6-2-1-3-7-14/h1-12H,13H2,(H,24,27). The van der Waals surface area contributed by atoms with E-state index in [1.165, 1.54) is 22.2 Å². The normalized spacial score (nSPS) is 10.6. The van der Waals surface area contributed by atoms with E-state index in [4.69, 9.17) is 16.3 Å². The summed E-state index contributed by atoms with van der Waals surface area (Å²) in [4.78, 5) is 29.7. The number of pyridine rings is 1. The van der Waals surface area contributed by atoms with Crippen LogP contribution in [0.15, 0.2) is 72.2 Å². The molecule has 30 heavy (non-hydrogen) atoms. The van der Waals surface area contributed by atoms with Gasteiger partial charge in [0.05, 0.1) is 16.3 Å². The minimum atomic E-state index is -0.665. The zero-order chi connectivity index (χ0) is 20.9. The molecule has 150 valence electrons. The fraction of sp³-hybridized carbons (Fsp3) is 0.0476. The van der Waals surface area contributed by atoms with E-state index in [9.17, 15) is 9.59 Å². The van der Waals surface area contributed by atoms with Gasteiger partial charge in [0.15, 0.2) is 17.5 Å². The Balaban J connectivity index is 1.53. The molecular formula is C21H15ClN4O3S. The van der Waals surface area contributed by atoms with E-state index < -0.39 is 18.5 Å². The lowest BCUT2D eigenvalue weighted by molar-refractivity contribution is -0.119. The summed E-state index contributed by atoms with van der Waals surface area (Å²) in [6, 6.07) is 18.0. The highest BCUT2D eigenvalue weighted by Crippen LogP contribution is 2.26. The number of halogens is 1. The lowest BCUT2D eigenvalue weighted by Gasteiger charge is -2.09. The number of amides is 1. The lowest BCUT2D eigenvalue weighted by atomic mass is 10.3. The summed E-state index contributed by atoms with van der Waals surface area (Å²) in [5.74, 6) is -1.19. The van der Waals surface area contributed by atoms with Crippen molar-refractivity contribution in [1.29, 1.82) is 0 Å². The maximum Gasteiger partial charge on any atom is 0.357 e. The lowest BCUT2D eigenvalue weighted by Crippen LogP contribution is -2.22. The van der Waals surface area contributed by atoms with E-state index in [2.05, 4.69) is 15.4 Å². The number of carbonyl (C=O) groups excluding carboxylic acids is 2. The van der Waals surface area contributed by atoms with E-state index in [1.807, 2.05) is 47.8 Å². The molecule has 0 bridgehead atoms. The third kappa shape index (κ3) is 4.40. The summed E-state index contributed by atoms with van der Waals surface area (Å²) in [6.45, 7) is -0.474. The Labute approximate surface area is 180 Å². The van der Waals surface area contributed by atoms with Crippen LogP contribution in [0.3, 0.4) is 0 Å². The SMILES string of the molecule is O=C(COC(=O)c1cc(-c2cccs2)nn1-c1ccccc1)Nc1cccnc1Cl. The Morgan fingerprint density at radius 3 is 2.67 bits per heavy atom. The number of esters is 1. The van der Waals surface area contributed by atoms with Crippen LogP contribution in [0.5, 0.6) is 0 Å². The van der Waals surface area contributed by atoms with Crippen molar-refractivity contribution in [3.63, 3.8) is 0 Å². The Morgan fingerprint density at radius 1 is 1.10 bits per heavy atom. The van der Waals surface area contributed by atoms with Gasteiger partial charge in [-0.25, -0.2) is 14.5 Å². The number of nitrogens with one attached hydrogen (secondary N) is 1. The highest BCUT2D eigenvalue weighted by atomic mass is 35.5. The average molecular weight is 439 g/mol. The number of ether oxygens (including phenoxy) is 1. The molecule has 7 nitrogen and oxygen atoms in total. The number of hydrogen-bond donors (Lipinski definition) is 1. The molecule has 0 saturated carbocycles. The van der Waals surface area contributed by atoms with Crippen LogP contribution in [-0.4, -0.2) is 33.2 Å². The topological polar surface area (TPSA) is 86.1 Å². The van der Waals surface area contributed by atoms with Crippen LogP contribution in [0.2, 0.25) is 5.15 Å². The molecule has 9 heteroatoms. The Hall–Kier alpha value is -3.49. The highest BCUT2D eigenvalue weighted by Gasteiger charge is 2.20. The van der Waals surface area contributed by atoms with Crippen LogP contribution in [0.4, 0.5) is 5.69 Å². The minimum Gasteiger partial charge on any atom is -0.451 e. The van der Waals surface area contributed by atoms with E-state index >= 15 is 0 Å². The summed E-state index contributed by atoms with van der Waals surface area (Å²) in [7, 11) is 0. The molecule has 3 aromatic heterocycles. The average Bonchev–Trinajstić information content (AvgIpc) is 3.44. The van der Waals surface area contributed by atoms with Gasteiger partial charge in [-0.15, -0.1) is 11.3 Å². The second kappa shape index (κ2) is 8.89. The van der Waals surface area contributed by atoms with Gasteiger partial charge in [0, 0.05) is 12.3 Å². The van der Waals surface area contributed by atoms with Crippen molar-refractivity contribution in [2.75, 3.05) is 11.9 Å². The number of rotatable bonds is 6. The van der Waals surface area contributed by atoms with Gasteiger partial charge in [0.2, 0.25) is 0 Å². The number of benzene rings is 1. The first-order valence-corrected chi connectivity index (χ1v) is 10.1. The summed E-state index contributed by atoms with van der Waals surface area (Å²) >= 11 is 7.44. The number of carbonyl (C=O) groups is 2. The number of anilines is 1. The maximum atomic E-state index is 12.7. The molecule has 1 aromatic carbocycles. The molecular weight excluding hydrogens is 424 g/mol. The van der Waals surface area contributed by atoms with Gasteiger partial charge >= 0.3 is 5.97 Å². The quantitative estimate of drug-likeness (QED) is 0.355. The Kier molecular flexibility index (Phi) is 5.87. The predicted octanol–water partition coefficient (Wildman–Crippen LogP) is 4.44. The second-order valence-corrected chi connectivity index (χ2v) is 7.41. The number of aromatic nitrogens is 3. The zero-order valence-corrected chi connectivity index (χ0v) is 17.1. The highest BCUT2D eigenvalue weighted by molar-refractivity contribution is 7.13. The van der Waals surface area contributed by atoms with Crippen LogP contribution >= 0.6 is 22.9 Å². The monoisotopic (exact) mass is 438 g/mol. The maximum absolute atomic E-state index is 12.7. The smallest absolute Gasteiger partial charge is 0.357 e. The molecule has 0 unspecified atom stereocenters. The summed E-state index contributed by atoms with van der Waals surface area (Å²) in [5.41, 5.74) is 1.91. The molecule has 0 saturated heterocycles. The van der Waals surface area contributed by atoms with E-state index in [0.717, 1.165) is 4.88 Å². The van der Waals surface area contributed by atoms with Crippen molar-refractivity contribution in [3.8, 4) is 16.3 Å². The fourth-order valence-electron chi connectivity index (χ4n) is 2.71. The predicted molar refractivity (Wildman–Crippen MR) is 115 cm³/mol. The van der Waals surface area contributed by atoms with E-state index in [-0.39, 0.29) is 10.8 Å². The van der Waals surface area contributed by atoms with Crippen LogP contribution in [0.25, 0.3) is 16.3 Å². The fourth-order valence-corrected chi connectivity index (χ4v) is 3.56. The number of para-hydroxylation sites is 1. The Bertz CT molecular complexity index is 1180. The minimum absolute atomic E-state index is 0.153. The van der Waals surface area contributed by atoms with Gasteiger partial charge in [0.25, 0.3) is 5.91 Å². The largest absolute Gasteiger partial charge is 0.451 e. The molecule has 0 radical (unpaired) electrons. The molecule has 4 aromatic rings. The summed E-state index contributed by atoms with van der Waals surface area (Å²) < 4.78 is 6.73. The number of thiophene rings is 1. The van der Waals surface area contributed by atoms with Gasteiger partial charge < -0.3 is 10.1 Å².